The predicted octanol–water partition coefficient (Wildman–Crippen LogP) is 4.87. The van der Waals surface area contributed by atoms with Crippen LogP contribution in [0.1, 0.15) is 44.7 Å². The van der Waals surface area contributed by atoms with E-state index in [1.807, 2.05) is 6.07 Å². The second kappa shape index (κ2) is 7.96. The van der Waals surface area contributed by atoms with Gasteiger partial charge in [0.05, 0.1) is 0 Å². The van der Waals surface area contributed by atoms with Crippen LogP contribution >= 0.6 is 27.5 Å². The van der Waals surface area contributed by atoms with Gasteiger partial charge in [-0.2, -0.15) is 0 Å². The zero-order chi connectivity index (χ0) is 15.4. The number of hydrogen-bond acceptors (Lipinski definition) is 2. The molecule has 1 aliphatic heterocycles. The fourth-order valence-corrected chi connectivity index (χ4v) is 4.16. The van der Waals surface area contributed by atoms with Crippen LogP contribution in [-0.4, -0.2) is 31.1 Å². The zero-order valence-corrected chi connectivity index (χ0v) is 15.5. The Morgan fingerprint density at radius 2 is 2.14 bits per heavy atom. The third-order valence-corrected chi connectivity index (χ3v) is 5.41. The van der Waals surface area contributed by atoms with Crippen molar-refractivity contribution >= 4 is 27.5 Å². The largest absolute Gasteiger partial charge is 0.319 e. The number of hydrogen-bond donors (Lipinski definition) is 1. The molecule has 4 heteroatoms. The first-order valence-electron chi connectivity index (χ1n) is 7.90. The molecule has 0 bridgehead atoms. The maximum absolute atomic E-state index is 6.27. The summed E-state index contributed by atoms with van der Waals surface area (Å²) in [6.45, 7) is 6.81. The van der Waals surface area contributed by atoms with Gasteiger partial charge in [-0.25, -0.2) is 0 Å². The van der Waals surface area contributed by atoms with Crippen LogP contribution in [0.25, 0.3) is 0 Å². The number of nitrogens with zero attached hydrogens (tertiary/aromatic N) is 1. The molecule has 0 spiro atoms. The second-order valence-corrected chi connectivity index (χ2v) is 7.55. The minimum atomic E-state index is 0.424. The van der Waals surface area contributed by atoms with Gasteiger partial charge in [-0.3, -0.25) is 4.90 Å². The second-order valence-electron chi connectivity index (χ2n) is 6.26. The van der Waals surface area contributed by atoms with Crippen molar-refractivity contribution in [3.63, 3.8) is 0 Å². The van der Waals surface area contributed by atoms with Crippen molar-refractivity contribution in [3.05, 3.63) is 33.3 Å². The van der Waals surface area contributed by atoms with Gasteiger partial charge in [0, 0.05) is 21.6 Å². The van der Waals surface area contributed by atoms with Crippen molar-refractivity contribution in [3.8, 4) is 0 Å². The normalized spacial score (nSPS) is 24.3. The molecule has 0 amide bonds. The van der Waals surface area contributed by atoms with E-state index in [-0.39, 0.29) is 0 Å². The third kappa shape index (κ3) is 4.22. The van der Waals surface area contributed by atoms with Gasteiger partial charge in [-0.1, -0.05) is 34.0 Å². The molecule has 1 aliphatic rings. The van der Waals surface area contributed by atoms with E-state index in [1.165, 1.54) is 35.8 Å². The van der Waals surface area contributed by atoms with Crippen LogP contribution in [0.15, 0.2) is 22.7 Å². The van der Waals surface area contributed by atoms with Gasteiger partial charge in [-0.15, -0.1) is 0 Å². The van der Waals surface area contributed by atoms with Gasteiger partial charge in [0.15, 0.2) is 0 Å². The van der Waals surface area contributed by atoms with Crippen LogP contribution in [-0.2, 0) is 0 Å². The Morgan fingerprint density at radius 1 is 1.38 bits per heavy atom. The lowest BCUT2D eigenvalue weighted by Crippen LogP contribution is -2.40. The van der Waals surface area contributed by atoms with Crippen molar-refractivity contribution in [2.75, 3.05) is 20.1 Å². The van der Waals surface area contributed by atoms with Crippen molar-refractivity contribution in [2.45, 2.75) is 45.2 Å². The smallest absolute Gasteiger partial charge is 0.0410 e. The summed E-state index contributed by atoms with van der Waals surface area (Å²) >= 11 is 10.0. The molecule has 1 N–H and O–H groups in total. The monoisotopic (exact) mass is 372 g/mol. The van der Waals surface area contributed by atoms with E-state index in [9.17, 15) is 0 Å². The lowest BCUT2D eigenvalue weighted by molar-refractivity contribution is 0.118. The molecule has 1 aromatic rings. The molecule has 0 radical (unpaired) electrons. The van der Waals surface area contributed by atoms with Crippen molar-refractivity contribution < 1.29 is 0 Å². The van der Waals surface area contributed by atoms with Gasteiger partial charge in [0.2, 0.25) is 0 Å². The molecule has 0 aromatic heterocycles. The summed E-state index contributed by atoms with van der Waals surface area (Å²) in [5.74, 6) is 0.620. The lowest BCUT2D eigenvalue weighted by Gasteiger charge is -2.38. The standard InChI is InChI=1S/C17H26BrClN2/c1-12(2)21-9-5-4-6-13(11-20-3)17(21)15-10-14(19)7-8-16(15)18/h7-8,10,12-13,17,20H,4-6,9,11H2,1-3H3. The van der Waals surface area contributed by atoms with E-state index in [2.05, 4.69) is 59.2 Å². The van der Waals surface area contributed by atoms with Crippen molar-refractivity contribution in [2.24, 2.45) is 5.92 Å². The molecular weight excluding hydrogens is 348 g/mol. The summed E-state index contributed by atoms with van der Waals surface area (Å²) in [7, 11) is 2.05. The van der Waals surface area contributed by atoms with Crippen LogP contribution < -0.4 is 5.32 Å². The van der Waals surface area contributed by atoms with E-state index in [1.54, 1.807) is 0 Å². The molecule has 1 heterocycles. The fraction of sp³-hybridized carbons (Fsp3) is 0.647. The van der Waals surface area contributed by atoms with Crippen LogP contribution in [0.3, 0.4) is 0 Å². The topological polar surface area (TPSA) is 15.3 Å². The zero-order valence-electron chi connectivity index (χ0n) is 13.2. The number of nitrogens with one attached hydrogen (secondary N) is 1. The molecule has 1 aromatic carbocycles. The minimum Gasteiger partial charge on any atom is -0.319 e. The van der Waals surface area contributed by atoms with Crippen LogP contribution in [0, 0.1) is 5.92 Å². The first-order chi connectivity index (χ1) is 10.0. The summed E-state index contributed by atoms with van der Waals surface area (Å²) in [5, 5.41) is 4.21. The average Bonchev–Trinajstić information content (AvgIpc) is 2.64. The number of likely N-dealkylation sites (tertiary alicyclic amines) is 1. The predicted molar refractivity (Wildman–Crippen MR) is 95.0 cm³/mol. The molecule has 0 aliphatic carbocycles. The van der Waals surface area contributed by atoms with Gasteiger partial charge in [-0.05, 0) is 76.5 Å². The van der Waals surface area contributed by atoms with E-state index < -0.39 is 0 Å². The Morgan fingerprint density at radius 3 is 2.81 bits per heavy atom. The van der Waals surface area contributed by atoms with Crippen molar-refractivity contribution in [1.82, 2.24) is 10.2 Å². The first kappa shape index (κ1) is 17.3. The molecule has 0 saturated carbocycles. The maximum atomic E-state index is 6.27. The van der Waals surface area contributed by atoms with Crippen LogP contribution in [0.2, 0.25) is 5.02 Å². The third-order valence-electron chi connectivity index (χ3n) is 4.45. The fourth-order valence-electron chi connectivity index (χ4n) is 3.50. The number of benzene rings is 1. The summed E-state index contributed by atoms with van der Waals surface area (Å²) < 4.78 is 1.17. The molecule has 2 atom stereocenters. The molecular formula is C17H26BrClN2. The SMILES string of the molecule is CNCC1CCCCN(C(C)C)C1c1cc(Cl)ccc1Br. The summed E-state index contributed by atoms with van der Waals surface area (Å²) in [5.41, 5.74) is 1.33. The summed E-state index contributed by atoms with van der Waals surface area (Å²) in [4.78, 5) is 2.64. The quantitative estimate of drug-likeness (QED) is 0.809. The Hall–Kier alpha value is -0.0900. The molecule has 2 nitrogen and oxygen atoms in total. The van der Waals surface area contributed by atoms with Gasteiger partial charge in [0.1, 0.15) is 0 Å². The molecule has 118 valence electrons. The highest BCUT2D eigenvalue weighted by Crippen LogP contribution is 2.40. The maximum Gasteiger partial charge on any atom is 0.0410 e. The Kier molecular flexibility index (Phi) is 6.54. The Labute approximate surface area is 142 Å². The molecule has 2 unspecified atom stereocenters. The van der Waals surface area contributed by atoms with Crippen molar-refractivity contribution in [1.29, 1.82) is 0 Å². The lowest BCUT2D eigenvalue weighted by atomic mass is 9.88. The van der Waals surface area contributed by atoms with E-state index >= 15 is 0 Å². The highest BCUT2D eigenvalue weighted by molar-refractivity contribution is 9.10. The molecule has 2 rings (SSSR count). The van der Waals surface area contributed by atoms with E-state index in [4.69, 9.17) is 11.6 Å². The van der Waals surface area contributed by atoms with Gasteiger partial charge in [0.25, 0.3) is 0 Å². The molecule has 21 heavy (non-hydrogen) atoms. The average molecular weight is 374 g/mol. The highest BCUT2D eigenvalue weighted by Gasteiger charge is 2.33. The van der Waals surface area contributed by atoms with Crippen LogP contribution in [0.4, 0.5) is 0 Å². The molecule has 1 fully saturated rings. The summed E-state index contributed by atoms with van der Waals surface area (Å²) in [6.07, 6.45) is 3.87. The number of rotatable bonds is 4. The number of halogens is 2. The van der Waals surface area contributed by atoms with E-state index in [0.29, 0.717) is 18.0 Å². The van der Waals surface area contributed by atoms with E-state index in [0.717, 1.165) is 11.6 Å². The first-order valence-corrected chi connectivity index (χ1v) is 9.07. The summed E-state index contributed by atoms with van der Waals surface area (Å²) in [6, 6.07) is 7.14. The Balaban J connectivity index is 2.44. The van der Waals surface area contributed by atoms with Gasteiger partial charge < -0.3 is 5.32 Å². The van der Waals surface area contributed by atoms with Crippen LogP contribution in [0.5, 0.6) is 0 Å². The highest BCUT2D eigenvalue weighted by atomic mass is 79.9. The van der Waals surface area contributed by atoms with Gasteiger partial charge >= 0.3 is 0 Å². The molecule has 1 saturated heterocycles. The minimum absolute atomic E-state index is 0.424. The Bertz CT molecular complexity index is 464.